The first-order chi connectivity index (χ1) is 14.4. The molecule has 2 aliphatic rings. The zero-order valence-electron chi connectivity index (χ0n) is 17.0. The smallest absolute Gasteiger partial charge is 0.274 e. The Morgan fingerprint density at radius 2 is 1.67 bits per heavy atom. The van der Waals surface area contributed by atoms with Gasteiger partial charge in [0.05, 0.1) is 0 Å². The molecule has 1 fully saturated rings. The van der Waals surface area contributed by atoms with Crippen LogP contribution in [0.2, 0.25) is 0 Å². The molecule has 6 nitrogen and oxygen atoms in total. The molecule has 2 aromatic carbocycles. The van der Waals surface area contributed by atoms with Crippen LogP contribution in [0.3, 0.4) is 0 Å². The highest BCUT2D eigenvalue weighted by molar-refractivity contribution is 6.05. The van der Waals surface area contributed by atoms with Crippen LogP contribution in [0.4, 0.5) is 0 Å². The minimum absolute atomic E-state index is 0.0413. The predicted octanol–water partition coefficient (Wildman–Crippen LogP) is 2.78. The summed E-state index contributed by atoms with van der Waals surface area (Å²) < 4.78 is 0. The molecule has 1 aliphatic carbocycles. The molecule has 30 heavy (non-hydrogen) atoms. The van der Waals surface area contributed by atoms with Crippen LogP contribution in [0.25, 0.3) is 11.1 Å². The van der Waals surface area contributed by atoms with Crippen LogP contribution in [-0.4, -0.2) is 17.9 Å². The van der Waals surface area contributed by atoms with Gasteiger partial charge < -0.3 is 21.7 Å². The van der Waals surface area contributed by atoms with E-state index < -0.39 is 5.91 Å². The van der Waals surface area contributed by atoms with Crippen molar-refractivity contribution in [3.05, 3.63) is 83.5 Å². The largest absolute Gasteiger partial charge is 0.392 e. The van der Waals surface area contributed by atoms with Crippen LogP contribution in [0, 0.1) is 6.92 Å². The third-order valence-electron chi connectivity index (χ3n) is 5.82. The van der Waals surface area contributed by atoms with Crippen molar-refractivity contribution in [1.29, 1.82) is 0 Å². The van der Waals surface area contributed by atoms with Crippen molar-refractivity contribution in [2.24, 2.45) is 5.73 Å². The predicted molar refractivity (Wildman–Crippen MR) is 117 cm³/mol. The number of nitrogens with one attached hydrogen (secondary N) is 3. The molecule has 6 heteroatoms. The Balaban J connectivity index is 1.39. The van der Waals surface area contributed by atoms with E-state index in [0.29, 0.717) is 5.92 Å². The van der Waals surface area contributed by atoms with Crippen molar-refractivity contribution in [3.63, 3.8) is 0 Å². The number of rotatable bonds is 4. The number of hydrogen-bond acceptors (Lipinski definition) is 4. The Labute approximate surface area is 176 Å². The summed E-state index contributed by atoms with van der Waals surface area (Å²) in [5.41, 5.74) is 10.6. The van der Waals surface area contributed by atoms with Gasteiger partial charge in [0.25, 0.3) is 11.8 Å². The average Bonchev–Trinajstić information content (AvgIpc) is 3.20. The topological polar surface area (TPSA) is 96.2 Å². The minimum atomic E-state index is -0.512. The Morgan fingerprint density at radius 3 is 2.33 bits per heavy atom. The second-order valence-corrected chi connectivity index (χ2v) is 8.01. The van der Waals surface area contributed by atoms with Crippen molar-refractivity contribution in [3.8, 4) is 11.1 Å². The van der Waals surface area contributed by atoms with E-state index in [1.54, 1.807) is 0 Å². The van der Waals surface area contributed by atoms with Crippen LogP contribution in [0.1, 0.15) is 36.3 Å². The zero-order valence-corrected chi connectivity index (χ0v) is 17.0. The van der Waals surface area contributed by atoms with Gasteiger partial charge in [0, 0.05) is 6.04 Å². The van der Waals surface area contributed by atoms with Gasteiger partial charge in [0.15, 0.2) is 0 Å². The summed E-state index contributed by atoms with van der Waals surface area (Å²) in [7, 11) is 0. The van der Waals surface area contributed by atoms with Crippen LogP contribution < -0.4 is 21.7 Å². The lowest BCUT2D eigenvalue weighted by Crippen LogP contribution is -2.47. The minimum Gasteiger partial charge on any atom is -0.392 e. The van der Waals surface area contributed by atoms with Gasteiger partial charge in [-0.3, -0.25) is 9.59 Å². The molecule has 1 aliphatic heterocycles. The lowest BCUT2D eigenvalue weighted by molar-refractivity contribution is -0.121. The van der Waals surface area contributed by atoms with Gasteiger partial charge in [-0.05, 0) is 48.8 Å². The molecule has 0 saturated heterocycles. The molecule has 0 bridgehead atoms. The highest BCUT2D eigenvalue weighted by Gasteiger charge is 2.30. The van der Waals surface area contributed by atoms with Crippen LogP contribution in [0.5, 0.6) is 0 Å². The van der Waals surface area contributed by atoms with E-state index in [0.717, 1.165) is 19.3 Å². The van der Waals surface area contributed by atoms with Crippen LogP contribution in [0.15, 0.2) is 72.3 Å². The SMILES string of the molecule is C=C1NC(=O)C(N)=C(C(=O)N[C@H]2CC[C@@H](c3ccc(-c4ccc(C)cc4)cc3)C2)N1. The highest BCUT2D eigenvalue weighted by Crippen LogP contribution is 2.35. The monoisotopic (exact) mass is 402 g/mol. The van der Waals surface area contributed by atoms with Gasteiger partial charge in [-0.2, -0.15) is 0 Å². The second-order valence-electron chi connectivity index (χ2n) is 8.01. The standard InChI is InChI=1S/C24H26N4O2/c1-14-3-5-16(6-4-14)17-7-9-18(10-8-17)19-11-12-20(13-19)28-24(30)22-21(25)23(29)27-15(2)26-22/h3-10,19-20,26H,2,11-13,25H2,1H3,(H,27,29)(H,28,30)/t19-,20+/m1/s1. The van der Waals surface area contributed by atoms with Crippen LogP contribution >= 0.6 is 0 Å². The first-order valence-corrected chi connectivity index (χ1v) is 10.2. The number of amides is 2. The van der Waals surface area contributed by atoms with E-state index in [9.17, 15) is 9.59 Å². The van der Waals surface area contributed by atoms with E-state index in [1.807, 2.05) is 0 Å². The van der Waals surface area contributed by atoms with E-state index in [1.165, 1.54) is 22.3 Å². The summed E-state index contributed by atoms with van der Waals surface area (Å²) in [6.45, 7) is 5.72. The second kappa shape index (κ2) is 8.06. The third-order valence-corrected chi connectivity index (χ3v) is 5.82. The maximum atomic E-state index is 12.6. The highest BCUT2D eigenvalue weighted by atomic mass is 16.2. The molecule has 2 atom stereocenters. The third kappa shape index (κ3) is 4.08. The van der Waals surface area contributed by atoms with Crippen molar-refractivity contribution in [2.45, 2.75) is 38.1 Å². The summed E-state index contributed by atoms with van der Waals surface area (Å²) in [5, 5.41) is 8.20. The molecule has 1 saturated carbocycles. The molecule has 0 spiro atoms. The number of carbonyl (C=O) groups excluding carboxylic acids is 2. The van der Waals surface area contributed by atoms with Crippen molar-refractivity contribution in [2.75, 3.05) is 0 Å². The molecule has 4 rings (SSSR count). The maximum absolute atomic E-state index is 12.6. The Morgan fingerprint density at radius 1 is 1.03 bits per heavy atom. The molecule has 5 N–H and O–H groups in total. The zero-order chi connectivity index (χ0) is 21.3. The number of aryl methyl sites for hydroxylation is 1. The molecule has 0 unspecified atom stereocenters. The fourth-order valence-electron chi connectivity index (χ4n) is 4.11. The molecule has 2 amide bonds. The molecule has 154 valence electrons. The van der Waals surface area contributed by atoms with Gasteiger partial charge >= 0.3 is 0 Å². The van der Waals surface area contributed by atoms with Crippen LogP contribution in [-0.2, 0) is 9.59 Å². The first kappa shape index (κ1) is 19.8. The van der Waals surface area contributed by atoms with Gasteiger partial charge in [-0.1, -0.05) is 60.7 Å². The lowest BCUT2D eigenvalue weighted by Gasteiger charge is -2.22. The summed E-state index contributed by atoms with van der Waals surface area (Å²) in [6, 6.07) is 17.2. The van der Waals surface area contributed by atoms with Gasteiger partial charge in [-0.25, -0.2) is 0 Å². The van der Waals surface area contributed by atoms with Gasteiger partial charge in [-0.15, -0.1) is 0 Å². The van der Waals surface area contributed by atoms with Gasteiger partial charge in [0.2, 0.25) is 0 Å². The van der Waals surface area contributed by atoms with Gasteiger partial charge in [0.1, 0.15) is 17.2 Å². The number of nitrogens with two attached hydrogens (primary N) is 1. The van der Waals surface area contributed by atoms with Crippen molar-refractivity contribution in [1.82, 2.24) is 16.0 Å². The fraction of sp³-hybridized carbons (Fsp3) is 0.250. The summed E-state index contributed by atoms with van der Waals surface area (Å²) in [6.07, 6.45) is 2.75. The van der Waals surface area contributed by atoms with E-state index >= 15 is 0 Å². The first-order valence-electron chi connectivity index (χ1n) is 10.2. The normalized spacial score (nSPS) is 21.2. The summed E-state index contributed by atoms with van der Waals surface area (Å²) in [4.78, 5) is 24.4. The fourth-order valence-corrected chi connectivity index (χ4v) is 4.11. The Hall–Kier alpha value is -3.54. The van der Waals surface area contributed by atoms with Crippen molar-refractivity contribution < 1.29 is 9.59 Å². The maximum Gasteiger partial charge on any atom is 0.274 e. The quantitative estimate of drug-likeness (QED) is 0.632. The van der Waals surface area contributed by atoms with E-state index in [4.69, 9.17) is 5.73 Å². The molecule has 1 heterocycles. The summed E-state index contributed by atoms with van der Waals surface area (Å²) >= 11 is 0. The summed E-state index contributed by atoms with van der Waals surface area (Å²) in [5.74, 6) is -0.241. The Bertz CT molecular complexity index is 1020. The van der Waals surface area contributed by atoms with E-state index in [-0.39, 0.29) is 29.2 Å². The number of carbonyl (C=O) groups is 2. The van der Waals surface area contributed by atoms with Crippen molar-refractivity contribution >= 4 is 11.8 Å². The average molecular weight is 402 g/mol. The molecule has 2 aromatic rings. The molecule has 0 radical (unpaired) electrons. The molecular formula is C24H26N4O2. The van der Waals surface area contributed by atoms with E-state index in [2.05, 4.69) is 78.0 Å². The molecular weight excluding hydrogens is 376 g/mol. The number of hydrogen-bond donors (Lipinski definition) is 4. The molecule has 0 aromatic heterocycles. The Kier molecular flexibility index (Phi) is 5.31. The number of benzene rings is 2. The lowest BCUT2D eigenvalue weighted by atomic mass is 9.94.